The number of quaternary nitrogens is 1. The SMILES string of the molecule is C#Cc1cc(C(C)(C)c2ccc(OCc3ccnc(N[N+](C)(O)S)n3)cc2)cc(Cl)c1O.CC.CCC. The van der Waals surface area contributed by atoms with Crippen LogP contribution in [0.25, 0.3) is 0 Å². The number of ether oxygens (including phenoxy) is 1. The molecular weight excluding hydrogens is 508 g/mol. The molecule has 37 heavy (non-hydrogen) atoms. The molecule has 0 aliphatic heterocycles. The van der Waals surface area contributed by atoms with Crippen LogP contribution in [0.5, 0.6) is 11.5 Å². The molecule has 0 aliphatic rings. The first-order chi connectivity index (χ1) is 17.4. The minimum Gasteiger partial charge on any atom is -0.505 e. The van der Waals surface area contributed by atoms with Crippen molar-refractivity contribution in [3.63, 3.8) is 0 Å². The molecular formula is C28H38ClN4O3S+. The van der Waals surface area contributed by atoms with E-state index in [4.69, 9.17) is 22.8 Å². The van der Waals surface area contributed by atoms with Crippen molar-refractivity contribution in [3.8, 4) is 23.8 Å². The lowest BCUT2D eigenvalue weighted by Crippen LogP contribution is -2.36. The van der Waals surface area contributed by atoms with Gasteiger partial charge in [-0.2, -0.15) is 10.6 Å². The molecule has 0 saturated heterocycles. The second kappa shape index (κ2) is 14.7. The molecule has 3 aromatic rings. The first-order valence-corrected chi connectivity index (χ1v) is 12.8. The lowest BCUT2D eigenvalue weighted by Gasteiger charge is -2.27. The Morgan fingerprint density at radius 3 is 2.27 bits per heavy atom. The van der Waals surface area contributed by atoms with Crippen LogP contribution in [0.4, 0.5) is 5.95 Å². The topological polar surface area (TPSA) is 87.5 Å². The fourth-order valence-electron chi connectivity index (χ4n) is 3.08. The summed E-state index contributed by atoms with van der Waals surface area (Å²) in [6, 6.07) is 12.9. The van der Waals surface area contributed by atoms with E-state index in [1.165, 1.54) is 13.5 Å². The smallest absolute Gasteiger partial charge is 0.273 e. The van der Waals surface area contributed by atoms with E-state index in [2.05, 4.69) is 61.8 Å². The van der Waals surface area contributed by atoms with Gasteiger partial charge in [-0.25, -0.2) is 9.97 Å². The Kier molecular flexibility index (Phi) is 12.7. The van der Waals surface area contributed by atoms with E-state index in [1.54, 1.807) is 24.4 Å². The number of hydrogen-bond acceptors (Lipinski definition) is 7. The number of terminal acetylenes is 1. The molecule has 200 valence electrons. The molecule has 3 rings (SSSR count). The van der Waals surface area contributed by atoms with Crippen LogP contribution >= 0.6 is 24.4 Å². The quantitative estimate of drug-likeness (QED) is 0.109. The average molecular weight is 546 g/mol. The van der Waals surface area contributed by atoms with Gasteiger partial charge in [-0.15, -0.1) is 6.42 Å². The van der Waals surface area contributed by atoms with Gasteiger partial charge in [-0.1, -0.05) is 77.6 Å². The third kappa shape index (κ3) is 9.78. The molecule has 1 atom stereocenters. The van der Waals surface area contributed by atoms with Crippen LogP contribution in [0.2, 0.25) is 5.02 Å². The van der Waals surface area contributed by atoms with Crippen LogP contribution in [-0.4, -0.2) is 31.5 Å². The van der Waals surface area contributed by atoms with Crippen molar-refractivity contribution in [3.05, 3.63) is 76.1 Å². The number of aromatic nitrogens is 2. The summed E-state index contributed by atoms with van der Waals surface area (Å²) in [5.41, 5.74) is 5.12. The van der Waals surface area contributed by atoms with E-state index in [1.807, 2.05) is 38.1 Å². The molecule has 1 unspecified atom stereocenters. The van der Waals surface area contributed by atoms with Crippen LogP contribution in [0.3, 0.4) is 0 Å². The van der Waals surface area contributed by atoms with Crippen molar-refractivity contribution in [1.29, 1.82) is 0 Å². The molecule has 0 spiro atoms. The summed E-state index contributed by atoms with van der Waals surface area (Å²) >= 11 is 10.1. The monoisotopic (exact) mass is 545 g/mol. The van der Waals surface area contributed by atoms with Crippen molar-refractivity contribution in [2.24, 2.45) is 0 Å². The summed E-state index contributed by atoms with van der Waals surface area (Å²) in [4.78, 5) is 8.31. The third-order valence-electron chi connectivity index (χ3n) is 4.93. The molecule has 0 bridgehead atoms. The summed E-state index contributed by atoms with van der Waals surface area (Å²) in [6.45, 7) is 12.6. The molecule has 0 fully saturated rings. The molecule has 2 aromatic carbocycles. The van der Waals surface area contributed by atoms with Crippen molar-refractivity contribution in [1.82, 2.24) is 9.97 Å². The highest BCUT2D eigenvalue weighted by Gasteiger charge is 2.25. The zero-order chi connectivity index (χ0) is 28.2. The van der Waals surface area contributed by atoms with Gasteiger partial charge < -0.3 is 9.84 Å². The number of halogens is 1. The summed E-state index contributed by atoms with van der Waals surface area (Å²) in [7, 11) is 1.41. The molecule has 0 radical (unpaired) electrons. The predicted molar refractivity (Wildman–Crippen MR) is 154 cm³/mol. The van der Waals surface area contributed by atoms with Crippen LogP contribution in [0, 0.1) is 12.3 Å². The summed E-state index contributed by atoms with van der Waals surface area (Å²) in [5, 5.41) is 19.9. The molecule has 0 aliphatic carbocycles. The van der Waals surface area contributed by atoms with E-state index in [0.29, 0.717) is 17.0 Å². The Bertz CT molecular complexity index is 1170. The van der Waals surface area contributed by atoms with Crippen molar-refractivity contribution >= 4 is 30.4 Å². The van der Waals surface area contributed by atoms with Gasteiger partial charge in [0.05, 0.1) is 16.3 Å². The highest BCUT2D eigenvalue weighted by Crippen LogP contribution is 2.38. The number of hydrogen-bond donors (Lipinski definition) is 4. The number of aromatic hydroxyl groups is 1. The molecule has 9 heteroatoms. The molecule has 0 saturated carbocycles. The van der Waals surface area contributed by atoms with Gasteiger partial charge in [0.1, 0.15) is 38.0 Å². The summed E-state index contributed by atoms with van der Waals surface area (Å²) in [5.74, 6) is 3.28. The number of thiol groups is 1. The van der Waals surface area contributed by atoms with E-state index >= 15 is 0 Å². The number of nitrogens with one attached hydrogen (secondary N) is 1. The highest BCUT2D eigenvalue weighted by atomic mass is 35.5. The summed E-state index contributed by atoms with van der Waals surface area (Å²) < 4.78 is 5.04. The van der Waals surface area contributed by atoms with Gasteiger partial charge in [-0.3, -0.25) is 0 Å². The Hall–Kier alpha value is -2.96. The van der Waals surface area contributed by atoms with E-state index in [-0.39, 0.29) is 23.3 Å². The number of rotatable bonds is 7. The third-order valence-corrected chi connectivity index (χ3v) is 5.32. The number of phenolic OH excluding ortho intramolecular Hbond substituents is 1. The largest absolute Gasteiger partial charge is 0.505 e. The standard InChI is InChI=1S/C23H23ClN4O3S.C3H8.C2H6/c1-5-15-12-17(13-20(24)21(15)29)23(2,3)16-6-8-19(9-7-16)31-14-18-10-11-25-22(26-18)27-28(4,30)32;1-3-2;1-2/h1,6-13,30,32H,14H2,2-4H3,(H-,25,26,27,29);3H2,1-2H3;1-2H3/p+1. The minimum absolute atomic E-state index is 0.0857. The second-order valence-electron chi connectivity index (χ2n) is 8.54. The Balaban J connectivity index is 0.00000127. The van der Waals surface area contributed by atoms with Crippen LogP contribution in [-0.2, 0) is 12.0 Å². The molecule has 1 aromatic heterocycles. The van der Waals surface area contributed by atoms with Gasteiger partial charge in [-0.05, 0) is 45.6 Å². The number of nitrogens with zero attached hydrogens (tertiary/aromatic N) is 3. The zero-order valence-corrected chi connectivity index (χ0v) is 24.2. The van der Waals surface area contributed by atoms with Crippen LogP contribution in [0.1, 0.15) is 70.3 Å². The van der Waals surface area contributed by atoms with Gasteiger partial charge in [0.2, 0.25) is 0 Å². The number of benzene rings is 2. The number of phenols is 1. The lowest BCUT2D eigenvalue weighted by atomic mass is 9.77. The van der Waals surface area contributed by atoms with Crippen molar-refractivity contribution in [2.45, 2.75) is 60.0 Å². The van der Waals surface area contributed by atoms with E-state index < -0.39 is 9.58 Å². The van der Waals surface area contributed by atoms with E-state index in [9.17, 15) is 10.3 Å². The maximum Gasteiger partial charge on any atom is 0.273 e. The Labute approximate surface area is 231 Å². The Morgan fingerprint density at radius 2 is 1.73 bits per heavy atom. The maximum absolute atomic E-state index is 10.00. The first kappa shape index (κ1) is 32.1. The number of hydroxylamine groups is 1. The lowest BCUT2D eigenvalue weighted by molar-refractivity contribution is -0.955. The maximum atomic E-state index is 10.00. The fraction of sp³-hybridized carbons (Fsp3) is 0.357. The normalized spacial score (nSPS) is 12.0. The van der Waals surface area contributed by atoms with Gasteiger partial charge >= 0.3 is 0 Å². The van der Waals surface area contributed by atoms with Crippen LogP contribution < -0.4 is 10.2 Å². The fourth-order valence-corrected chi connectivity index (χ4v) is 3.39. The minimum atomic E-state index is -0.795. The van der Waals surface area contributed by atoms with E-state index in [0.717, 1.165) is 11.1 Å². The van der Waals surface area contributed by atoms with Gasteiger partial charge in [0.25, 0.3) is 5.95 Å². The van der Waals surface area contributed by atoms with Crippen molar-refractivity contribution in [2.75, 3.05) is 12.5 Å². The van der Waals surface area contributed by atoms with Gasteiger partial charge in [0.15, 0.2) is 0 Å². The van der Waals surface area contributed by atoms with Crippen molar-refractivity contribution < 1.29 is 19.2 Å². The Morgan fingerprint density at radius 1 is 1.14 bits per heavy atom. The molecule has 7 nitrogen and oxygen atoms in total. The first-order valence-electron chi connectivity index (χ1n) is 12.1. The average Bonchev–Trinajstić information content (AvgIpc) is 2.85. The molecule has 1 heterocycles. The number of anilines is 1. The molecule has 3 N–H and O–H groups in total. The van der Waals surface area contributed by atoms with Gasteiger partial charge in [0, 0.05) is 11.6 Å². The summed E-state index contributed by atoms with van der Waals surface area (Å²) in [6.07, 6.45) is 8.31. The zero-order valence-electron chi connectivity index (χ0n) is 22.6. The molecule has 0 amide bonds. The van der Waals surface area contributed by atoms with Crippen LogP contribution in [0.15, 0.2) is 48.7 Å². The predicted octanol–water partition coefficient (Wildman–Crippen LogP) is 7.17. The highest BCUT2D eigenvalue weighted by molar-refractivity contribution is 7.74. The second-order valence-corrected chi connectivity index (χ2v) is 9.73.